The van der Waals surface area contributed by atoms with Gasteiger partial charge >= 0.3 is 0 Å². The first-order valence-electron chi connectivity index (χ1n) is 8.03. The van der Waals surface area contributed by atoms with Crippen LogP contribution in [0.5, 0.6) is 0 Å². The van der Waals surface area contributed by atoms with Crippen LogP contribution in [-0.2, 0) is 13.5 Å². The molecule has 104 valence electrons. The first-order chi connectivity index (χ1) is 9.31. The monoisotopic (exact) mass is 259 g/mol. The average Bonchev–Trinajstić information content (AvgIpc) is 3.09. The Balaban J connectivity index is 1.30. The summed E-state index contributed by atoms with van der Waals surface area (Å²) < 4.78 is 1.90. The Labute approximate surface area is 115 Å². The summed E-state index contributed by atoms with van der Waals surface area (Å²) in [7, 11) is 1.99. The molecule has 1 heterocycles. The van der Waals surface area contributed by atoms with Crippen LogP contribution in [0.25, 0.3) is 0 Å². The van der Waals surface area contributed by atoms with Crippen LogP contribution in [0.15, 0.2) is 12.3 Å². The molecule has 0 radical (unpaired) electrons. The SMILES string of the molecule is Cn1ccc(CCNC2CC3CC2C2CCCC32)n1. The second-order valence-corrected chi connectivity index (χ2v) is 6.95. The van der Waals surface area contributed by atoms with Crippen LogP contribution in [0.3, 0.4) is 0 Å². The molecule has 3 aliphatic carbocycles. The summed E-state index contributed by atoms with van der Waals surface area (Å²) in [5.41, 5.74) is 1.22. The third-order valence-electron chi connectivity index (χ3n) is 5.99. The minimum Gasteiger partial charge on any atom is -0.313 e. The number of nitrogens with zero attached hydrogens (tertiary/aromatic N) is 2. The Morgan fingerprint density at radius 1 is 1.26 bits per heavy atom. The lowest BCUT2D eigenvalue weighted by Gasteiger charge is -2.32. The molecule has 0 aliphatic heterocycles. The number of aryl methyl sites for hydroxylation is 1. The highest BCUT2D eigenvalue weighted by molar-refractivity contribution is 5.06. The van der Waals surface area contributed by atoms with Crippen molar-refractivity contribution in [3.63, 3.8) is 0 Å². The van der Waals surface area contributed by atoms with Gasteiger partial charge in [0.15, 0.2) is 0 Å². The van der Waals surface area contributed by atoms with Gasteiger partial charge in [-0.1, -0.05) is 6.42 Å². The first-order valence-corrected chi connectivity index (χ1v) is 8.03. The maximum absolute atomic E-state index is 4.45. The zero-order chi connectivity index (χ0) is 12.8. The quantitative estimate of drug-likeness (QED) is 0.899. The third kappa shape index (κ3) is 2.03. The number of hydrogen-bond donors (Lipinski definition) is 1. The zero-order valence-corrected chi connectivity index (χ0v) is 11.9. The van der Waals surface area contributed by atoms with Gasteiger partial charge in [-0.25, -0.2) is 0 Å². The van der Waals surface area contributed by atoms with E-state index >= 15 is 0 Å². The minimum atomic E-state index is 0.813. The Morgan fingerprint density at radius 2 is 2.16 bits per heavy atom. The van der Waals surface area contributed by atoms with E-state index in [0.717, 1.165) is 42.7 Å². The maximum atomic E-state index is 4.45. The maximum Gasteiger partial charge on any atom is 0.0637 e. The van der Waals surface area contributed by atoms with Crippen molar-refractivity contribution in [2.45, 2.75) is 44.6 Å². The number of aromatic nitrogens is 2. The lowest BCUT2D eigenvalue weighted by molar-refractivity contribution is 0.209. The summed E-state index contributed by atoms with van der Waals surface area (Å²) in [5.74, 6) is 4.25. The standard InChI is InChI=1S/C16H25N3/c1-19-8-6-12(18-19)5-7-17-16-10-11-9-15(16)14-4-2-3-13(11)14/h6,8,11,13-17H,2-5,7,9-10H2,1H3. The van der Waals surface area contributed by atoms with E-state index in [-0.39, 0.29) is 0 Å². The molecule has 5 atom stereocenters. The van der Waals surface area contributed by atoms with Crippen molar-refractivity contribution in [1.29, 1.82) is 0 Å². The summed E-state index contributed by atoms with van der Waals surface area (Å²) in [6.07, 6.45) is 10.6. The van der Waals surface area contributed by atoms with Crippen LogP contribution < -0.4 is 5.32 Å². The molecule has 3 nitrogen and oxygen atoms in total. The van der Waals surface area contributed by atoms with Crippen LogP contribution in [0.4, 0.5) is 0 Å². The van der Waals surface area contributed by atoms with E-state index in [0.29, 0.717) is 0 Å². The lowest BCUT2D eigenvalue weighted by Crippen LogP contribution is -2.40. The van der Waals surface area contributed by atoms with Crippen molar-refractivity contribution in [2.75, 3.05) is 6.54 Å². The fourth-order valence-electron chi connectivity index (χ4n) is 5.28. The van der Waals surface area contributed by atoms with Gasteiger partial charge in [-0.05, 0) is 55.4 Å². The van der Waals surface area contributed by atoms with Crippen LogP contribution in [0.2, 0.25) is 0 Å². The Morgan fingerprint density at radius 3 is 3.00 bits per heavy atom. The molecule has 3 aliphatic rings. The molecular formula is C16H25N3. The summed E-state index contributed by atoms with van der Waals surface area (Å²) >= 11 is 0. The Kier molecular flexibility index (Phi) is 2.91. The molecule has 2 bridgehead atoms. The van der Waals surface area contributed by atoms with Crippen molar-refractivity contribution in [2.24, 2.45) is 30.7 Å². The van der Waals surface area contributed by atoms with Gasteiger partial charge in [0.25, 0.3) is 0 Å². The number of rotatable bonds is 4. The van der Waals surface area contributed by atoms with Gasteiger partial charge in [0.1, 0.15) is 0 Å². The van der Waals surface area contributed by atoms with Gasteiger partial charge < -0.3 is 5.32 Å². The van der Waals surface area contributed by atoms with E-state index in [1.165, 1.54) is 37.8 Å². The van der Waals surface area contributed by atoms with Crippen LogP contribution in [0, 0.1) is 23.7 Å². The van der Waals surface area contributed by atoms with Gasteiger partial charge in [0.2, 0.25) is 0 Å². The van der Waals surface area contributed by atoms with E-state index in [1.807, 2.05) is 17.9 Å². The molecule has 1 aromatic rings. The molecule has 0 aromatic carbocycles. The van der Waals surface area contributed by atoms with E-state index in [2.05, 4.69) is 16.5 Å². The van der Waals surface area contributed by atoms with Gasteiger partial charge in [-0.15, -0.1) is 0 Å². The molecule has 0 amide bonds. The Hall–Kier alpha value is -0.830. The smallest absolute Gasteiger partial charge is 0.0637 e. The Bertz CT molecular complexity index is 453. The summed E-state index contributed by atoms with van der Waals surface area (Å²) in [5, 5.41) is 8.29. The van der Waals surface area contributed by atoms with E-state index in [1.54, 1.807) is 0 Å². The first kappa shape index (κ1) is 12.0. The van der Waals surface area contributed by atoms with Gasteiger partial charge in [-0.2, -0.15) is 5.10 Å². The molecule has 1 N–H and O–H groups in total. The van der Waals surface area contributed by atoms with Crippen molar-refractivity contribution in [3.05, 3.63) is 18.0 Å². The predicted octanol–water partition coefficient (Wildman–Crippen LogP) is 2.38. The molecule has 3 fully saturated rings. The second-order valence-electron chi connectivity index (χ2n) is 6.95. The molecule has 19 heavy (non-hydrogen) atoms. The van der Waals surface area contributed by atoms with Gasteiger partial charge in [0.05, 0.1) is 5.69 Å². The highest BCUT2D eigenvalue weighted by atomic mass is 15.2. The second kappa shape index (κ2) is 4.62. The molecule has 0 saturated heterocycles. The van der Waals surface area contributed by atoms with Gasteiger partial charge in [0, 0.05) is 32.3 Å². The molecule has 4 rings (SSSR count). The van der Waals surface area contributed by atoms with Crippen molar-refractivity contribution in [1.82, 2.24) is 15.1 Å². The molecule has 0 spiro atoms. The zero-order valence-electron chi connectivity index (χ0n) is 11.9. The number of fused-ring (bicyclic) bond motifs is 5. The fraction of sp³-hybridized carbons (Fsp3) is 0.812. The van der Waals surface area contributed by atoms with Gasteiger partial charge in [-0.3, -0.25) is 4.68 Å². The lowest BCUT2D eigenvalue weighted by atomic mass is 9.79. The summed E-state index contributed by atoms with van der Waals surface area (Å²) in [6.45, 7) is 1.10. The molecule has 5 unspecified atom stereocenters. The molecule has 1 aromatic heterocycles. The average molecular weight is 259 g/mol. The highest BCUT2D eigenvalue weighted by Crippen LogP contribution is 2.58. The van der Waals surface area contributed by atoms with E-state index in [9.17, 15) is 0 Å². The van der Waals surface area contributed by atoms with E-state index < -0.39 is 0 Å². The van der Waals surface area contributed by atoms with Crippen molar-refractivity contribution < 1.29 is 0 Å². The predicted molar refractivity (Wildman–Crippen MR) is 75.7 cm³/mol. The largest absolute Gasteiger partial charge is 0.313 e. The summed E-state index contributed by atoms with van der Waals surface area (Å²) in [6, 6.07) is 2.95. The fourth-order valence-corrected chi connectivity index (χ4v) is 5.28. The van der Waals surface area contributed by atoms with E-state index in [4.69, 9.17) is 0 Å². The number of nitrogens with one attached hydrogen (secondary N) is 1. The third-order valence-corrected chi connectivity index (χ3v) is 5.99. The summed E-state index contributed by atoms with van der Waals surface area (Å²) in [4.78, 5) is 0. The molecular weight excluding hydrogens is 234 g/mol. The minimum absolute atomic E-state index is 0.813. The topological polar surface area (TPSA) is 29.9 Å². The van der Waals surface area contributed by atoms with Crippen molar-refractivity contribution in [3.8, 4) is 0 Å². The van der Waals surface area contributed by atoms with Crippen molar-refractivity contribution >= 4 is 0 Å². The number of hydrogen-bond acceptors (Lipinski definition) is 2. The molecule has 3 saturated carbocycles. The van der Waals surface area contributed by atoms with Crippen LogP contribution in [0.1, 0.15) is 37.8 Å². The van der Waals surface area contributed by atoms with Crippen LogP contribution in [-0.4, -0.2) is 22.4 Å². The highest BCUT2D eigenvalue weighted by Gasteiger charge is 2.53. The van der Waals surface area contributed by atoms with Crippen LogP contribution >= 0.6 is 0 Å². The molecule has 3 heteroatoms. The normalized spacial score (nSPS) is 39.9.